The summed E-state index contributed by atoms with van der Waals surface area (Å²) in [5.74, 6) is 0.141. The minimum atomic E-state index is -0.541. The minimum absolute atomic E-state index is 0.0410. The van der Waals surface area contributed by atoms with E-state index in [9.17, 15) is 14.0 Å². The molecule has 26 heavy (non-hydrogen) atoms. The summed E-state index contributed by atoms with van der Waals surface area (Å²) in [6, 6.07) is 11.4. The van der Waals surface area contributed by atoms with Crippen LogP contribution in [0.15, 0.2) is 42.5 Å². The topological polar surface area (TPSA) is 49.4 Å². The van der Waals surface area contributed by atoms with Gasteiger partial charge >= 0.3 is 0 Å². The van der Waals surface area contributed by atoms with Crippen molar-refractivity contribution < 1.29 is 14.0 Å². The maximum atomic E-state index is 13.8. The van der Waals surface area contributed by atoms with E-state index in [1.54, 1.807) is 18.2 Å². The van der Waals surface area contributed by atoms with Gasteiger partial charge in [0.25, 0.3) is 0 Å². The van der Waals surface area contributed by atoms with Crippen LogP contribution in [0.5, 0.6) is 0 Å². The minimum Gasteiger partial charge on any atom is -0.324 e. The first-order valence-corrected chi connectivity index (χ1v) is 9.60. The number of amides is 2. The lowest BCUT2D eigenvalue weighted by atomic mass is 10.1. The fraction of sp³-hybridized carbons (Fsp3) is 0.300. The molecule has 0 radical (unpaired) electrons. The van der Waals surface area contributed by atoms with Gasteiger partial charge in [-0.2, -0.15) is 0 Å². The lowest BCUT2D eigenvalue weighted by Gasteiger charge is -2.23. The number of carbonyl (C=O) groups excluding carboxylic acids is 2. The average Bonchev–Trinajstić information content (AvgIpc) is 3.10. The van der Waals surface area contributed by atoms with E-state index < -0.39 is 11.9 Å². The molecule has 0 bridgehead atoms. The number of thioether (sulfide) groups is 1. The zero-order chi connectivity index (χ0) is 18.7. The zero-order valence-corrected chi connectivity index (χ0v) is 15.6. The Labute approximate surface area is 156 Å². The Bertz CT molecular complexity index is 840. The number of nitrogens with one attached hydrogen (secondary N) is 1. The van der Waals surface area contributed by atoms with Crippen molar-refractivity contribution in [1.29, 1.82) is 0 Å². The molecule has 1 aliphatic heterocycles. The van der Waals surface area contributed by atoms with Crippen LogP contribution in [-0.4, -0.2) is 34.4 Å². The van der Waals surface area contributed by atoms with E-state index in [-0.39, 0.29) is 18.2 Å². The highest BCUT2D eigenvalue weighted by Gasteiger charge is 2.34. The highest BCUT2D eigenvalue weighted by Crippen LogP contribution is 2.24. The van der Waals surface area contributed by atoms with Crippen LogP contribution < -0.4 is 5.32 Å². The van der Waals surface area contributed by atoms with Crippen molar-refractivity contribution >= 4 is 29.3 Å². The predicted octanol–water partition coefficient (Wildman–Crippen LogP) is 3.53. The van der Waals surface area contributed by atoms with Gasteiger partial charge in [-0.1, -0.05) is 24.3 Å². The van der Waals surface area contributed by atoms with Crippen LogP contribution in [0, 0.1) is 19.7 Å². The normalized spacial score (nSPS) is 16.6. The number of nitrogens with zero attached hydrogens (tertiary/aromatic N) is 1. The number of hydrogen-bond acceptors (Lipinski definition) is 3. The molecule has 1 N–H and O–H groups in total. The molecular formula is C20H21FN2O2S. The summed E-state index contributed by atoms with van der Waals surface area (Å²) >= 11 is 1.53. The molecule has 1 saturated heterocycles. The van der Waals surface area contributed by atoms with Crippen molar-refractivity contribution in [3.05, 3.63) is 65.0 Å². The molecule has 1 atom stereocenters. The predicted molar refractivity (Wildman–Crippen MR) is 103 cm³/mol. The third-order valence-corrected chi connectivity index (χ3v) is 5.59. The number of hydrogen-bond donors (Lipinski definition) is 1. The fourth-order valence-corrected chi connectivity index (χ4v) is 4.04. The summed E-state index contributed by atoms with van der Waals surface area (Å²) < 4.78 is 13.8. The first-order valence-electron chi connectivity index (χ1n) is 8.44. The second-order valence-corrected chi connectivity index (χ2v) is 7.44. The Morgan fingerprint density at radius 1 is 1.19 bits per heavy atom. The van der Waals surface area contributed by atoms with Crippen LogP contribution >= 0.6 is 11.8 Å². The molecule has 2 aromatic carbocycles. The van der Waals surface area contributed by atoms with E-state index in [0.29, 0.717) is 17.2 Å². The molecule has 3 rings (SSSR count). The maximum Gasteiger partial charge on any atom is 0.248 e. The monoisotopic (exact) mass is 372 g/mol. The second kappa shape index (κ2) is 7.91. The van der Waals surface area contributed by atoms with Gasteiger partial charge in [0.15, 0.2) is 0 Å². The van der Waals surface area contributed by atoms with Gasteiger partial charge in [-0.15, -0.1) is 11.8 Å². The summed E-state index contributed by atoms with van der Waals surface area (Å²) in [7, 11) is 0. The van der Waals surface area contributed by atoms with Gasteiger partial charge < -0.3 is 10.2 Å². The second-order valence-electron chi connectivity index (χ2n) is 6.44. The smallest absolute Gasteiger partial charge is 0.248 e. The SMILES string of the molecule is Cc1ccc(NC(=O)C2CSCN2C(=O)Cc2ccccc2F)cc1C. The molecule has 0 aromatic heterocycles. The van der Waals surface area contributed by atoms with Gasteiger partial charge in [0.2, 0.25) is 11.8 Å². The Morgan fingerprint density at radius 3 is 2.69 bits per heavy atom. The molecule has 2 aromatic rings. The van der Waals surface area contributed by atoms with E-state index >= 15 is 0 Å². The van der Waals surface area contributed by atoms with Crippen LogP contribution in [0.1, 0.15) is 16.7 Å². The van der Waals surface area contributed by atoms with Crippen LogP contribution in [0.25, 0.3) is 0 Å². The molecule has 136 valence electrons. The third kappa shape index (κ3) is 4.07. The maximum absolute atomic E-state index is 13.8. The summed E-state index contributed by atoms with van der Waals surface area (Å²) in [5.41, 5.74) is 3.32. The highest BCUT2D eigenvalue weighted by atomic mass is 32.2. The van der Waals surface area contributed by atoms with E-state index in [0.717, 1.165) is 16.8 Å². The highest BCUT2D eigenvalue weighted by molar-refractivity contribution is 7.99. The van der Waals surface area contributed by atoms with Crippen LogP contribution in [0.4, 0.5) is 10.1 Å². The standard InChI is InChI=1S/C20H21FN2O2S/c1-13-7-8-16(9-14(13)2)22-20(25)18-11-26-12-23(18)19(24)10-15-5-3-4-6-17(15)21/h3-9,18H,10-12H2,1-2H3,(H,22,25). The van der Waals surface area contributed by atoms with Gasteiger partial charge in [0, 0.05) is 11.4 Å². The summed E-state index contributed by atoms with van der Waals surface area (Å²) in [4.78, 5) is 26.8. The zero-order valence-electron chi connectivity index (χ0n) is 14.8. The molecule has 0 spiro atoms. The van der Waals surface area contributed by atoms with Crippen molar-refractivity contribution in [3.63, 3.8) is 0 Å². The Kier molecular flexibility index (Phi) is 5.61. The van der Waals surface area contributed by atoms with Crippen molar-refractivity contribution in [2.75, 3.05) is 16.9 Å². The summed E-state index contributed by atoms with van der Waals surface area (Å²) in [6.45, 7) is 4.00. The van der Waals surface area contributed by atoms with Gasteiger partial charge in [-0.3, -0.25) is 9.59 Å². The van der Waals surface area contributed by atoms with Crippen LogP contribution in [-0.2, 0) is 16.0 Å². The lowest BCUT2D eigenvalue weighted by molar-refractivity contribution is -0.135. The van der Waals surface area contributed by atoms with Gasteiger partial charge in [-0.05, 0) is 48.7 Å². The fourth-order valence-electron chi connectivity index (χ4n) is 2.86. The van der Waals surface area contributed by atoms with E-state index in [4.69, 9.17) is 0 Å². The van der Waals surface area contributed by atoms with Crippen molar-refractivity contribution in [2.24, 2.45) is 0 Å². The lowest BCUT2D eigenvalue weighted by Crippen LogP contribution is -2.45. The van der Waals surface area contributed by atoms with E-state index in [1.165, 1.54) is 22.7 Å². The third-order valence-electron chi connectivity index (χ3n) is 4.58. The molecule has 1 fully saturated rings. The average molecular weight is 372 g/mol. The number of aryl methyl sites for hydroxylation is 2. The van der Waals surface area contributed by atoms with Gasteiger partial charge in [0.1, 0.15) is 11.9 Å². The molecule has 0 aliphatic carbocycles. The number of benzene rings is 2. The quantitative estimate of drug-likeness (QED) is 0.893. The Morgan fingerprint density at radius 2 is 1.96 bits per heavy atom. The molecule has 2 amide bonds. The molecular weight excluding hydrogens is 351 g/mol. The summed E-state index contributed by atoms with van der Waals surface area (Å²) in [6.07, 6.45) is -0.0410. The molecule has 1 unspecified atom stereocenters. The van der Waals surface area contributed by atoms with E-state index in [2.05, 4.69) is 5.32 Å². The molecule has 0 saturated carbocycles. The Hall–Kier alpha value is -2.34. The van der Waals surface area contributed by atoms with Crippen molar-refractivity contribution in [1.82, 2.24) is 4.90 Å². The van der Waals surface area contributed by atoms with Crippen LogP contribution in [0.3, 0.4) is 0 Å². The van der Waals surface area contributed by atoms with Crippen molar-refractivity contribution in [3.8, 4) is 0 Å². The van der Waals surface area contributed by atoms with Crippen LogP contribution in [0.2, 0.25) is 0 Å². The van der Waals surface area contributed by atoms with Crippen molar-refractivity contribution in [2.45, 2.75) is 26.3 Å². The molecule has 6 heteroatoms. The largest absolute Gasteiger partial charge is 0.324 e. The first-order chi connectivity index (χ1) is 12.5. The van der Waals surface area contributed by atoms with Gasteiger partial charge in [-0.25, -0.2) is 4.39 Å². The number of halogens is 1. The first kappa shape index (κ1) is 18.5. The number of rotatable bonds is 4. The molecule has 1 aliphatic rings. The van der Waals surface area contributed by atoms with Gasteiger partial charge in [0.05, 0.1) is 12.3 Å². The molecule has 1 heterocycles. The van der Waals surface area contributed by atoms with E-state index in [1.807, 2.05) is 32.0 Å². The summed E-state index contributed by atoms with van der Waals surface area (Å²) in [5, 5.41) is 2.89. The Balaban J connectivity index is 1.68. The number of carbonyl (C=O) groups is 2. The number of anilines is 1. The molecule has 4 nitrogen and oxygen atoms in total.